The van der Waals surface area contributed by atoms with Gasteiger partial charge in [0.1, 0.15) is 5.69 Å². The van der Waals surface area contributed by atoms with E-state index in [9.17, 15) is 4.79 Å². The van der Waals surface area contributed by atoms with Gasteiger partial charge in [0.15, 0.2) is 0 Å². The van der Waals surface area contributed by atoms with E-state index in [1.165, 1.54) is 6.20 Å². The summed E-state index contributed by atoms with van der Waals surface area (Å²) in [5.74, 6) is -0.167. The van der Waals surface area contributed by atoms with Gasteiger partial charge in [0, 0.05) is 24.1 Å². The second kappa shape index (κ2) is 5.48. The lowest BCUT2D eigenvalue weighted by Gasteiger charge is -2.20. The Hall–Kier alpha value is -2.43. The number of rotatable bonds is 3. The molecule has 5 heteroatoms. The summed E-state index contributed by atoms with van der Waals surface area (Å²) >= 11 is 0. The van der Waals surface area contributed by atoms with Crippen molar-refractivity contribution in [2.75, 3.05) is 17.2 Å². The number of anilines is 2. The summed E-state index contributed by atoms with van der Waals surface area (Å²) in [5.41, 5.74) is 8.23. The summed E-state index contributed by atoms with van der Waals surface area (Å²) < 4.78 is 0. The predicted octanol–water partition coefficient (Wildman–Crippen LogP) is 2.03. The largest absolute Gasteiger partial charge is 0.399 e. The molecule has 0 atom stereocenters. The van der Waals surface area contributed by atoms with Gasteiger partial charge >= 0.3 is 0 Å². The molecule has 2 rings (SSSR count). The number of benzene rings is 1. The van der Waals surface area contributed by atoms with Crippen LogP contribution in [0.25, 0.3) is 0 Å². The van der Waals surface area contributed by atoms with Crippen molar-refractivity contribution < 1.29 is 4.79 Å². The lowest BCUT2D eigenvalue weighted by molar-refractivity contribution is 0.0983. The highest BCUT2D eigenvalue weighted by molar-refractivity contribution is 6.04. The van der Waals surface area contributed by atoms with Gasteiger partial charge in [-0.25, -0.2) is 4.98 Å². The van der Waals surface area contributed by atoms with Gasteiger partial charge in [0.25, 0.3) is 5.91 Å². The highest BCUT2D eigenvalue weighted by atomic mass is 16.2. The Morgan fingerprint density at radius 2 is 1.89 bits per heavy atom. The number of aryl methyl sites for hydroxylation is 1. The molecule has 1 heterocycles. The van der Waals surface area contributed by atoms with Crippen LogP contribution in [0.15, 0.2) is 36.7 Å². The Kier molecular flexibility index (Phi) is 3.75. The van der Waals surface area contributed by atoms with Crippen LogP contribution in [0.5, 0.6) is 0 Å². The van der Waals surface area contributed by atoms with E-state index in [1.807, 2.05) is 26.0 Å². The Balaban J connectivity index is 2.29. The molecule has 0 unspecified atom stereocenters. The van der Waals surface area contributed by atoms with Gasteiger partial charge < -0.3 is 10.6 Å². The van der Waals surface area contributed by atoms with E-state index in [2.05, 4.69) is 9.97 Å². The first kappa shape index (κ1) is 13.0. The van der Waals surface area contributed by atoms with Crippen molar-refractivity contribution in [1.29, 1.82) is 0 Å². The van der Waals surface area contributed by atoms with Crippen molar-refractivity contribution in [3.63, 3.8) is 0 Å². The molecule has 0 radical (unpaired) electrons. The van der Waals surface area contributed by atoms with E-state index < -0.39 is 0 Å². The average molecular weight is 256 g/mol. The van der Waals surface area contributed by atoms with Gasteiger partial charge in [-0.1, -0.05) is 0 Å². The molecule has 0 fully saturated rings. The molecule has 5 nitrogen and oxygen atoms in total. The zero-order valence-corrected chi connectivity index (χ0v) is 11.0. The minimum Gasteiger partial charge on any atom is -0.399 e. The molecule has 0 aliphatic carbocycles. The number of carbonyl (C=O) groups is 1. The Bertz CT molecular complexity index is 563. The fourth-order valence-corrected chi connectivity index (χ4v) is 1.74. The van der Waals surface area contributed by atoms with E-state index in [4.69, 9.17) is 5.73 Å². The van der Waals surface area contributed by atoms with Crippen LogP contribution in [-0.2, 0) is 0 Å². The van der Waals surface area contributed by atoms with E-state index in [-0.39, 0.29) is 5.91 Å². The maximum Gasteiger partial charge on any atom is 0.278 e. The Labute approximate surface area is 112 Å². The minimum absolute atomic E-state index is 0.167. The molecule has 0 saturated heterocycles. The van der Waals surface area contributed by atoms with Crippen molar-refractivity contribution in [2.24, 2.45) is 0 Å². The smallest absolute Gasteiger partial charge is 0.278 e. The standard InChI is InChI=1S/C14H16N4O/c1-3-18(12-6-4-11(15)5-7-12)14(19)13-9-16-10(2)8-17-13/h4-9H,3,15H2,1-2H3. The van der Waals surface area contributed by atoms with Crippen molar-refractivity contribution in [2.45, 2.75) is 13.8 Å². The molecule has 0 spiro atoms. The van der Waals surface area contributed by atoms with E-state index in [0.717, 1.165) is 11.4 Å². The third kappa shape index (κ3) is 2.88. The van der Waals surface area contributed by atoms with E-state index >= 15 is 0 Å². The van der Waals surface area contributed by atoms with Gasteiger partial charge in [-0.15, -0.1) is 0 Å². The van der Waals surface area contributed by atoms with Crippen LogP contribution in [0.1, 0.15) is 23.1 Å². The quantitative estimate of drug-likeness (QED) is 0.853. The van der Waals surface area contributed by atoms with Crippen molar-refractivity contribution in [1.82, 2.24) is 9.97 Å². The number of aromatic nitrogens is 2. The van der Waals surface area contributed by atoms with Crippen LogP contribution in [0.3, 0.4) is 0 Å². The summed E-state index contributed by atoms with van der Waals surface area (Å²) in [6.07, 6.45) is 3.09. The lowest BCUT2D eigenvalue weighted by atomic mass is 10.2. The monoisotopic (exact) mass is 256 g/mol. The van der Waals surface area contributed by atoms with Crippen LogP contribution >= 0.6 is 0 Å². The maximum absolute atomic E-state index is 12.4. The van der Waals surface area contributed by atoms with Crippen LogP contribution < -0.4 is 10.6 Å². The first-order valence-electron chi connectivity index (χ1n) is 6.08. The zero-order valence-electron chi connectivity index (χ0n) is 11.0. The topological polar surface area (TPSA) is 72.1 Å². The highest BCUT2D eigenvalue weighted by Crippen LogP contribution is 2.18. The van der Waals surface area contributed by atoms with Crippen molar-refractivity contribution in [3.05, 3.63) is 48.0 Å². The fourth-order valence-electron chi connectivity index (χ4n) is 1.74. The molecule has 1 aromatic carbocycles. The molecule has 0 aliphatic rings. The zero-order chi connectivity index (χ0) is 13.8. The van der Waals surface area contributed by atoms with Gasteiger partial charge in [-0.05, 0) is 38.1 Å². The third-order valence-corrected chi connectivity index (χ3v) is 2.77. The fraction of sp³-hybridized carbons (Fsp3) is 0.214. The first-order chi connectivity index (χ1) is 9.11. The number of nitrogen functional groups attached to an aromatic ring is 1. The molecule has 19 heavy (non-hydrogen) atoms. The molecule has 2 aromatic rings. The van der Waals surface area contributed by atoms with Crippen LogP contribution in [-0.4, -0.2) is 22.4 Å². The van der Waals surface area contributed by atoms with Crippen molar-refractivity contribution in [3.8, 4) is 0 Å². The number of amides is 1. The summed E-state index contributed by atoms with van der Waals surface area (Å²) in [6.45, 7) is 4.30. The Morgan fingerprint density at radius 3 is 2.42 bits per heavy atom. The number of hydrogen-bond acceptors (Lipinski definition) is 4. The molecular formula is C14H16N4O. The molecule has 0 aliphatic heterocycles. The molecule has 2 N–H and O–H groups in total. The molecule has 98 valence electrons. The minimum atomic E-state index is -0.167. The second-order valence-electron chi connectivity index (χ2n) is 4.18. The molecule has 0 saturated carbocycles. The van der Waals surface area contributed by atoms with Crippen LogP contribution in [0.2, 0.25) is 0 Å². The number of nitrogens with two attached hydrogens (primary N) is 1. The van der Waals surface area contributed by atoms with Crippen LogP contribution in [0, 0.1) is 6.92 Å². The number of nitrogens with zero attached hydrogens (tertiary/aromatic N) is 3. The first-order valence-corrected chi connectivity index (χ1v) is 6.08. The summed E-state index contributed by atoms with van der Waals surface area (Å²) in [6, 6.07) is 7.18. The number of carbonyl (C=O) groups excluding carboxylic acids is 1. The molecule has 0 bridgehead atoms. The van der Waals surface area contributed by atoms with Crippen molar-refractivity contribution >= 4 is 17.3 Å². The Morgan fingerprint density at radius 1 is 1.21 bits per heavy atom. The summed E-state index contributed by atoms with van der Waals surface area (Å²) in [4.78, 5) is 22.2. The van der Waals surface area contributed by atoms with Gasteiger partial charge in [-0.2, -0.15) is 0 Å². The SMILES string of the molecule is CCN(C(=O)c1cnc(C)cn1)c1ccc(N)cc1. The molecular weight excluding hydrogens is 240 g/mol. The van der Waals surface area contributed by atoms with E-state index in [1.54, 1.807) is 23.2 Å². The molecule has 1 amide bonds. The maximum atomic E-state index is 12.4. The lowest BCUT2D eigenvalue weighted by Crippen LogP contribution is -2.31. The summed E-state index contributed by atoms with van der Waals surface area (Å²) in [5, 5.41) is 0. The highest BCUT2D eigenvalue weighted by Gasteiger charge is 2.17. The molecule has 1 aromatic heterocycles. The third-order valence-electron chi connectivity index (χ3n) is 2.77. The van der Waals surface area contributed by atoms with Gasteiger partial charge in [-0.3, -0.25) is 9.78 Å². The second-order valence-corrected chi connectivity index (χ2v) is 4.18. The van der Waals surface area contributed by atoms with E-state index in [0.29, 0.717) is 17.9 Å². The van der Waals surface area contributed by atoms with Gasteiger partial charge in [0.2, 0.25) is 0 Å². The normalized spacial score (nSPS) is 10.2. The summed E-state index contributed by atoms with van der Waals surface area (Å²) in [7, 11) is 0. The predicted molar refractivity (Wildman–Crippen MR) is 75.0 cm³/mol. The number of hydrogen-bond donors (Lipinski definition) is 1. The van der Waals surface area contributed by atoms with Crippen LogP contribution in [0.4, 0.5) is 11.4 Å². The van der Waals surface area contributed by atoms with Gasteiger partial charge in [0.05, 0.1) is 11.9 Å². The average Bonchev–Trinajstić information content (AvgIpc) is 2.42.